The molecule has 1 unspecified atom stereocenters. The smallest absolute Gasteiger partial charge is 0.264 e. The van der Waals surface area contributed by atoms with Crippen molar-refractivity contribution in [2.24, 2.45) is 0 Å². The number of benzene rings is 2. The third-order valence-corrected chi connectivity index (χ3v) is 5.20. The monoisotopic (exact) mass is 377 g/mol. The van der Waals surface area contributed by atoms with Gasteiger partial charge in [0.1, 0.15) is 6.04 Å². The molecule has 0 radical (unpaired) electrons. The Morgan fingerprint density at radius 1 is 1.04 bits per heavy atom. The Kier molecular flexibility index (Phi) is 4.43. The van der Waals surface area contributed by atoms with Crippen LogP contribution in [0.25, 0.3) is 0 Å². The molecule has 28 heavy (non-hydrogen) atoms. The van der Waals surface area contributed by atoms with Crippen LogP contribution >= 0.6 is 0 Å². The first-order valence-corrected chi connectivity index (χ1v) is 9.10. The summed E-state index contributed by atoms with van der Waals surface area (Å²) in [5, 5.41) is 5.44. The first-order valence-electron chi connectivity index (χ1n) is 9.10. The largest absolute Gasteiger partial charge is 0.380 e. The molecule has 1 fully saturated rings. The lowest BCUT2D eigenvalue weighted by Crippen LogP contribution is -2.54. The summed E-state index contributed by atoms with van der Waals surface area (Å²) in [6, 6.07) is 12.0. The molecule has 0 spiro atoms. The molecule has 7 nitrogen and oxygen atoms in total. The standard InChI is InChI=1S/C21H19N3O4/c1-12-5-2-3-6-13(12)11-22-15-8-4-7-14-18(15)21(28)24(20(14)27)16-9-10-17(25)23-19(16)26/h2-8,16,22H,9-11H2,1H3,(H,23,25,26). The average Bonchev–Trinajstić information content (AvgIpc) is 2.93. The number of piperidine rings is 1. The number of carbonyl (C=O) groups excluding carboxylic acids is 4. The summed E-state index contributed by atoms with van der Waals surface area (Å²) in [5.74, 6) is -2.02. The van der Waals surface area contributed by atoms with E-state index in [-0.39, 0.29) is 24.0 Å². The number of anilines is 1. The lowest BCUT2D eigenvalue weighted by atomic mass is 10.0. The van der Waals surface area contributed by atoms with Gasteiger partial charge in [0, 0.05) is 18.7 Å². The molecule has 4 rings (SSSR count). The fraction of sp³-hybridized carbons (Fsp3) is 0.238. The van der Waals surface area contributed by atoms with Gasteiger partial charge >= 0.3 is 0 Å². The first kappa shape index (κ1) is 17.9. The van der Waals surface area contributed by atoms with Crippen LogP contribution < -0.4 is 10.6 Å². The van der Waals surface area contributed by atoms with E-state index in [9.17, 15) is 19.2 Å². The van der Waals surface area contributed by atoms with Crippen molar-refractivity contribution in [2.75, 3.05) is 5.32 Å². The maximum Gasteiger partial charge on any atom is 0.264 e. The summed E-state index contributed by atoms with van der Waals surface area (Å²) in [7, 11) is 0. The number of rotatable bonds is 4. The van der Waals surface area contributed by atoms with Crippen LogP contribution in [0.1, 0.15) is 44.7 Å². The van der Waals surface area contributed by atoms with Crippen molar-refractivity contribution in [1.82, 2.24) is 10.2 Å². The molecule has 0 aliphatic carbocycles. The van der Waals surface area contributed by atoms with Gasteiger partial charge in [0.15, 0.2) is 0 Å². The number of carbonyl (C=O) groups is 4. The van der Waals surface area contributed by atoms with Gasteiger partial charge in [-0.1, -0.05) is 30.3 Å². The molecule has 2 heterocycles. The average molecular weight is 377 g/mol. The van der Waals surface area contributed by atoms with Gasteiger partial charge in [-0.3, -0.25) is 29.4 Å². The van der Waals surface area contributed by atoms with E-state index >= 15 is 0 Å². The van der Waals surface area contributed by atoms with Crippen molar-refractivity contribution < 1.29 is 19.2 Å². The third kappa shape index (κ3) is 2.94. The molecule has 7 heteroatoms. The van der Waals surface area contributed by atoms with Crippen LogP contribution in [-0.4, -0.2) is 34.6 Å². The molecular formula is C21H19N3O4. The second-order valence-corrected chi connectivity index (χ2v) is 6.96. The van der Waals surface area contributed by atoms with Crippen molar-refractivity contribution in [3.8, 4) is 0 Å². The Morgan fingerprint density at radius 3 is 2.57 bits per heavy atom. The van der Waals surface area contributed by atoms with Gasteiger partial charge in [-0.05, 0) is 36.6 Å². The maximum absolute atomic E-state index is 13.0. The van der Waals surface area contributed by atoms with Gasteiger partial charge in [0.25, 0.3) is 11.8 Å². The van der Waals surface area contributed by atoms with E-state index in [2.05, 4.69) is 10.6 Å². The van der Waals surface area contributed by atoms with Gasteiger partial charge in [0.2, 0.25) is 11.8 Å². The first-order chi connectivity index (χ1) is 13.5. The zero-order chi connectivity index (χ0) is 19.8. The van der Waals surface area contributed by atoms with Crippen LogP contribution in [-0.2, 0) is 16.1 Å². The number of hydrogen-bond donors (Lipinski definition) is 2. The highest BCUT2D eigenvalue weighted by atomic mass is 16.2. The molecule has 1 atom stereocenters. The highest BCUT2D eigenvalue weighted by Gasteiger charge is 2.45. The number of nitrogens with one attached hydrogen (secondary N) is 2. The minimum atomic E-state index is -0.964. The number of fused-ring (bicyclic) bond motifs is 1. The highest BCUT2D eigenvalue weighted by Crippen LogP contribution is 2.32. The van der Waals surface area contributed by atoms with E-state index in [1.54, 1.807) is 18.2 Å². The normalized spacial score (nSPS) is 18.9. The Balaban J connectivity index is 1.62. The molecule has 0 bridgehead atoms. The lowest BCUT2D eigenvalue weighted by molar-refractivity contribution is -0.136. The molecule has 2 aromatic carbocycles. The van der Waals surface area contributed by atoms with Crippen LogP contribution in [0.3, 0.4) is 0 Å². The van der Waals surface area contributed by atoms with Crippen LogP contribution in [0.2, 0.25) is 0 Å². The van der Waals surface area contributed by atoms with E-state index in [1.165, 1.54) is 0 Å². The summed E-state index contributed by atoms with van der Waals surface area (Å²) in [6.45, 7) is 2.51. The van der Waals surface area contributed by atoms with Crippen LogP contribution in [0.4, 0.5) is 5.69 Å². The summed E-state index contributed by atoms with van der Waals surface area (Å²) in [5.41, 5.74) is 3.29. The molecule has 2 aliphatic rings. The molecule has 4 amide bonds. The van der Waals surface area contributed by atoms with E-state index in [0.717, 1.165) is 16.0 Å². The number of aryl methyl sites for hydroxylation is 1. The Labute approximate surface area is 161 Å². The molecule has 0 aromatic heterocycles. The summed E-state index contributed by atoms with van der Waals surface area (Å²) in [6.07, 6.45) is 0.240. The number of imide groups is 2. The molecule has 2 aromatic rings. The van der Waals surface area contributed by atoms with Gasteiger partial charge in [0.05, 0.1) is 11.1 Å². The fourth-order valence-electron chi connectivity index (χ4n) is 3.66. The summed E-state index contributed by atoms with van der Waals surface area (Å²) in [4.78, 5) is 50.4. The molecule has 142 valence electrons. The number of amides is 4. The number of nitrogens with zero attached hydrogens (tertiary/aromatic N) is 1. The molecular weight excluding hydrogens is 358 g/mol. The molecule has 2 aliphatic heterocycles. The second kappa shape index (κ2) is 6.92. The van der Waals surface area contributed by atoms with Gasteiger partial charge in [-0.25, -0.2) is 0 Å². The lowest BCUT2D eigenvalue weighted by Gasteiger charge is -2.27. The highest BCUT2D eigenvalue weighted by molar-refractivity contribution is 6.25. The van der Waals surface area contributed by atoms with Gasteiger partial charge in [-0.2, -0.15) is 0 Å². The molecule has 0 saturated carbocycles. The Hall–Kier alpha value is -3.48. The van der Waals surface area contributed by atoms with Crippen LogP contribution in [0, 0.1) is 6.92 Å². The van der Waals surface area contributed by atoms with E-state index in [1.807, 2.05) is 31.2 Å². The van der Waals surface area contributed by atoms with Gasteiger partial charge in [-0.15, -0.1) is 0 Å². The fourth-order valence-corrected chi connectivity index (χ4v) is 3.66. The van der Waals surface area contributed by atoms with E-state index < -0.39 is 29.7 Å². The van der Waals surface area contributed by atoms with Crippen molar-refractivity contribution in [3.63, 3.8) is 0 Å². The van der Waals surface area contributed by atoms with E-state index in [0.29, 0.717) is 12.2 Å². The third-order valence-electron chi connectivity index (χ3n) is 5.20. The molecule has 2 N–H and O–H groups in total. The molecule has 1 saturated heterocycles. The van der Waals surface area contributed by atoms with Crippen molar-refractivity contribution in [3.05, 3.63) is 64.7 Å². The SMILES string of the molecule is Cc1ccccc1CNc1cccc2c1C(=O)N(C1CCC(=O)NC1=O)C2=O. The van der Waals surface area contributed by atoms with Crippen molar-refractivity contribution in [2.45, 2.75) is 32.4 Å². The van der Waals surface area contributed by atoms with Crippen molar-refractivity contribution in [1.29, 1.82) is 0 Å². The van der Waals surface area contributed by atoms with Crippen molar-refractivity contribution >= 4 is 29.3 Å². The Bertz CT molecular complexity index is 1010. The predicted molar refractivity (Wildman–Crippen MR) is 102 cm³/mol. The number of hydrogen-bond acceptors (Lipinski definition) is 5. The zero-order valence-electron chi connectivity index (χ0n) is 15.3. The summed E-state index contributed by atoms with van der Waals surface area (Å²) >= 11 is 0. The van der Waals surface area contributed by atoms with Gasteiger partial charge < -0.3 is 5.32 Å². The maximum atomic E-state index is 13.0. The quantitative estimate of drug-likeness (QED) is 0.795. The minimum Gasteiger partial charge on any atom is -0.380 e. The Morgan fingerprint density at radius 2 is 1.82 bits per heavy atom. The topological polar surface area (TPSA) is 95.6 Å². The summed E-state index contributed by atoms with van der Waals surface area (Å²) < 4.78 is 0. The van der Waals surface area contributed by atoms with Crippen LogP contribution in [0.5, 0.6) is 0 Å². The van der Waals surface area contributed by atoms with Crippen LogP contribution in [0.15, 0.2) is 42.5 Å². The second-order valence-electron chi connectivity index (χ2n) is 6.96. The van der Waals surface area contributed by atoms with E-state index in [4.69, 9.17) is 0 Å². The predicted octanol–water partition coefficient (Wildman–Crippen LogP) is 2.01. The minimum absolute atomic E-state index is 0.0994. The zero-order valence-corrected chi connectivity index (χ0v) is 15.3.